The molecule has 0 spiro atoms. The normalized spacial score (nSPS) is 27.7. The van der Waals surface area contributed by atoms with Crippen LogP contribution in [0.4, 0.5) is 0 Å². The fourth-order valence-electron chi connectivity index (χ4n) is 4.47. The Balaban J connectivity index is 1.87. The Kier molecular flexibility index (Phi) is 4.77. The zero-order valence-corrected chi connectivity index (χ0v) is 16.4. The van der Waals surface area contributed by atoms with E-state index in [9.17, 15) is 4.79 Å². The minimum atomic E-state index is -0.0852. The number of nitrogens with one attached hydrogen (secondary N) is 1. The predicted molar refractivity (Wildman–Crippen MR) is 107 cm³/mol. The molecule has 0 saturated carbocycles. The molecule has 1 aliphatic carbocycles. The van der Waals surface area contributed by atoms with Crippen LogP contribution in [0.15, 0.2) is 54.1 Å². The molecule has 1 amide bonds. The number of carbonyl (C=O) groups is 1. The maximum absolute atomic E-state index is 12.4. The number of rotatable bonds is 2. The summed E-state index contributed by atoms with van der Waals surface area (Å²) in [4.78, 5) is 12.4. The third-order valence-electron chi connectivity index (χ3n) is 5.58. The van der Waals surface area contributed by atoms with E-state index >= 15 is 0 Å². The van der Waals surface area contributed by atoms with E-state index in [2.05, 4.69) is 23.5 Å². The molecule has 2 aromatic rings. The SMILES string of the molecule is CC1=C[C@@H](c2ccc(Cl)cc2Cl)[C@H](c2ccc(Cl)cc2)[C@@H]2CNC(=O)[C@H]12. The summed E-state index contributed by atoms with van der Waals surface area (Å²) in [6.07, 6.45) is 2.19. The first-order chi connectivity index (χ1) is 12.5. The molecule has 2 aliphatic rings. The van der Waals surface area contributed by atoms with Crippen LogP contribution in [0.3, 0.4) is 0 Å². The maximum atomic E-state index is 12.4. The summed E-state index contributed by atoms with van der Waals surface area (Å²) in [7, 11) is 0. The first-order valence-corrected chi connectivity index (χ1v) is 9.75. The summed E-state index contributed by atoms with van der Waals surface area (Å²) in [5.41, 5.74) is 3.31. The number of allylic oxidation sites excluding steroid dienone is 1. The van der Waals surface area contributed by atoms with Crippen LogP contribution in [0.1, 0.15) is 29.9 Å². The largest absolute Gasteiger partial charge is 0.355 e. The van der Waals surface area contributed by atoms with Crippen LogP contribution in [0, 0.1) is 11.8 Å². The zero-order valence-electron chi connectivity index (χ0n) is 14.2. The quantitative estimate of drug-likeness (QED) is 0.624. The molecule has 0 bridgehead atoms. The third-order valence-corrected chi connectivity index (χ3v) is 6.39. The highest BCUT2D eigenvalue weighted by Gasteiger charge is 2.47. The average Bonchev–Trinajstić information content (AvgIpc) is 2.98. The van der Waals surface area contributed by atoms with Gasteiger partial charge in [-0.1, -0.05) is 64.7 Å². The molecule has 4 rings (SSSR count). The first kappa shape index (κ1) is 17.9. The van der Waals surface area contributed by atoms with Crippen molar-refractivity contribution in [1.29, 1.82) is 0 Å². The summed E-state index contributed by atoms with van der Waals surface area (Å²) < 4.78 is 0. The Bertz CT molecular complexity index is 891. The van der Waals surface area contributed by atoms with Crippen LogP contribution in [-0.2, 0) is 4.79 Å². The van der Waals surface area contributed by atoms with Crippen LogP contribution < -0.4 is 5.32 Å². The fourth-order valence-corrected chi connectivity index (χ4v) is 5.13. The number of fused-ring (bicyclic) bond motifs is 1. The van der Waals surface area contributed by atoms with Crippen LogP contribution in [0.2, 0.25) is 15.1 Å². The highest BCUT2D eigenvalue weighted by atomic mass is 35.5. The number of hydrogen-bond acceptors (Lipinski definition) is 1. The molecule has 1 aliphatic heterocycles. The van der Waals surface area contributed by atoms with Gasteiger partial charge in [-0.25, -0.2) is 0 Å². The lowest BCUT2D eigenvalue weighted by Gasteiger charge is -2.38. The number of carbonyl (C=O) groups excluding carboxylic acids is 1. The van der Waals surface area contributed by atoms with Crippen molar-refractivity contribution in [2.75, 3.05) is 6.54 Å². The van der Waals surface area contributed by atoms with E-state index in [1.165, 1.54) is 5.56 Å². The van der Waals surface area contributed by atoms with Gasteiger partial charge in [0, 0.05) is 27.5 Å². The van der Waals surface area contributed by atoms with E-state index in [1.807, 2.05) is 31.2 Å². The Morgan fingerprint density at radius 2 is 1.69 bits per heavy atom. The zero-order chi connectivity index (χ0) is 18.4. The van der Waals surface area contributed by atoms with Gasteiger partial charge in [-0.05, 0) is 54.2 Å². The van der Waals surface area contributed by atoms with Crippen molar-refractivity contribution in [2.45, 2.75) is 18.8 Å². The van der Waals surface area contributed by atoms with Gasteiger partial charge in [-0.3, -0.25) is 4.79 Å². The molecule has 5 heteroatoms. The van der Waals surface area contributed by atoms with E-state index in [0.717, 1.165) is 11.1 Å². The highest BCUT2D eigenvalue weighted by Crippen LogP contribution is 2.51. The minimum Gasteiger partial charge on any atom is -0.355 e. The van der Waals surface area contributed by atoms with Crippen molar-refractivity contribution < 1.29 is 4.79 Å². The molecular formula is C21H18Cl3NO. The molecule has 0 unspecified atom stereocenters. The van der Waals surface area contributed by atoms with Gasteiger partial charge >= 0.3 is 0 Å². The molecule has 4 atom stereocenters. The van der Waals surface area contributed by atoms with Gasteiger partial charge in [0.15, 0.2) is 0 Å². The van der Waals surface area contributed by atoms with Crippen molar-refractivity contribution in [1.82, 2.24) is 5.32 Å². The summed E-state index contributed by atoms with van der Waals surface area (Å²) in [6.45, 7) is 2.71. The molecule has 2 aromatic carbocycles. The average molecular weight is 407 g/mol. The van der Waals surface area contributed by atoms with Crippen LogP contribution in [-0.4, -0.2) is 12.5 Å². The van der Waals surface area contributed by atoms with E-state index in [4.69, 9.17) is 34.8 Å². The second kappa shape index (κ2) is 6.92. The van der Waals surface area contributed by atoms with Gasteiger partial charge in [0.2, 0.25) is 5.91 Å². The maximum Gasteiger partial charge on any atom is 0.227 e. The Labute approximate surface area is 168 Å². The lowest BCUT2D eigenvalue weighted by atomic mass is 9.64. The second-order valence-electron chi connectivity index (χ2n) is 7.07. The summed E-state index contributed by atoms with van der Waals surface area (Å²) in [6, 6.07) is 13.6. The molecule has 1 fully saturated rings. The molecule has 1 saturated heterocycles. The van der Waals surface area contributed by atoms with Crippen molar-refractivity contribution >= 4 is 40.7 Å². The van der Waals surface area contributed by atoms with Crippen molar-refractivity contribution in [2.24, 2.45) is 11.8 Å². The number of amides is 1. The molecule has 134 valence electrons. The third kappa shape index (κ3) is 3.05. The number of hydrogen-bond donors (Lipinski definition) is 1. The molecule has 0 aromatic heterocycles. The fraction of sp³-hybridized carbons (Fsp3) is 0.286. The first-order valence-electron chi connectivity index (χ1n) is 8.62. The number of benzene rings is 2. The van der Waals surface area contributed by atoms with E-state index in [0.29, 0.717) is 21.6 Å². The van der Waals surface area contributed by atoms with Gasteiger partial charge in [0.25, 0.3) is 0 Å². The van der Waals surface area contributed by atoms with Gasteiger partial charge in [0.1, 0.15) is 0 Å². The lowest BCUT2D eigenvalue weighted by Crippen LogP contribution is -2.31. The van der Waals surface area contributed by atoms with E-state index in [-0.39, 0.29) is 29.6 Å². The van der Waals surface area contributed by atoms with Crippen LogP contribution in [0.5, 0.6) is 0 Å². The molecule has 1 N–H and O–H groups in total. The number of halogens is 3. The molecule has 1 heterocycles. The standard InChI is InChI=1S/C21H18Cl3NO/c1-11-8-16(15-7-6-14(23)9-18(15)24)20(12-2-4-13(22)5-3-12)17-10-25-21(26)19(11)17/h2-9,16-17,19-20H,10H2,1H3,(H,25,26)/t16-,17+,19+,20-/m0/s1. The molecule has 26 heavy (non-hydrogen) atoms. The Morgan fingerprint density at radius 3 is 2.38 bits per heavy atom. The van der Waals surface area contributed by atoms with Crippen molar-refractivity contribution in [3.8, 4) is 0 Å². The minimum absolute atomic E-state index is 0.0786. The Hall–Kier alpha value is -1.48. The topological polar surface area (TPSA) is 29.1 Å². The monoisotopic (exact) mass is 405 g/mol. The second-order valence-corrected chi connectivity index (χ2v) is 8.35. The molecule has 2 nitrogen and oxygen atoms in total. The summed E-state index contributed by atoms with van der Waals surface area (Å²) >= 11 is 18.7. The van der Waals surface area contributed by atoms with Gasteiger partial charge in [-0.2, -0.15) is 0 Å². The molecular weight excluding hydrogens is 389 g/mol. The van der Waals surface area contributed by atoms with Gasteiger partial charge < -0.3 is 5.32 Å². The van der Waals surface area contributed by atoms with E-state index in [1.54, 1.807) is 6.07 Å². The Morgan fingerprint density at radius 1 is 1.00 bits per heavy atom. The highest BCUT2D eigenvalue weighted by molar-refractivity contribution is 6.35. The van der Waals surface area contributed by atoms with Crippen LogP contribution in [0.25, 0.3) is 0 Å². The van der Waals surface area contributed by atoms with Gasteiger partial charge in [0.05, 0.1) is 5.92 Å². The lowest BCUT2D eigenvalue weighted by molar-refractivity contribution is -0.122. The smallest absolute Gasteiger partial charge is 0.227 e. The summed E-state index contributed by atoms with van der Waals surface area (Å²) in [5.74, 6) is 0.431. The van der Waals surface area contributed by atoms with Crippen LogP contribution >= 0.6 is 34.8 Å². The van der Waals surface area contributed by atoms with Crippen molar-refractivity contribution in [3.63, 3.8) is 0 Å². The summed E-state index contributed by atoms with van der Waals surface area (Å²) in [5, 5.41) is 5.02. The van der Waals surface area contributed by atoms with Gasteiger partial charge in [-0.15, -0.1) is 0 Å². The molecule has 0 radical (unpaired) electrons. The predicted octanol–water partition coefficient (Wildman–Crippen LogP) is 5.84. The van der Waals surface area contributed by atoms with E-state index < -0.39 is 0 Å². The van der Waals surface area contributed by atoms with Crippen molar-refractivity contribution in [3.05, 3.63) is 80.3 Å².